The van der Waals surface area contributed by atoms with Crippen molar-refractivity contribution in [3.05, 3.63) is 6.33 Å². The Balaban J connectivity index is 1.91. The number of nitrogens with zero attached hydrogens (tertiary/aromatic N) is 3. The minimum Gasteiger partial charge on any atom is -0.347 e. The third-order valence-corrected chi connectivity index (χ3v) is 3.78. The van der Waals surface area contributed by atoms with Crippen molar-refractivity contribution in [1.82, 2.24) is 14.7 Å². The van der Waals surface area contributed by atoms with Crippen LogP contribution in [-0.2, 0) is 0 Å². The molecule has 2 rings (SSSR count). The number of hydrogen-bond donors (Lipinski definition) is 1. The number of nitrogens with one attached hydrogen (secondary N) is 1. The van der Waals surface area contributed by atoms with E-state index in [0.717, 1.165) is 24.1 Å². The van der Waals surface area contributed by atoms with Crippen molar-refractivity contribution in [3.8, 4) is 0 Å². The first-order chi connectivity index (χ1) is 7.90. The molecule has 1 aliphatic rings. The van der Waals surface area contributed by atoms with Gasteiger partial charge in [-0.25, -0.2) is 4.98 Å². The van der Waals surface area contributed by atoms with Gasteiger partial charge in [-0.15, -0.1) is 0 Å². The van der Waals surface area contributed by atoms with Gasteiger partial charge in [-0.1, -0.05) is 6.92 Å². The first-order valence-electron chi connectivity index (χ1n) is 6.12. The van der Waals surface area contributed by atoms with Crippen LogP contribution in [0.2, 0.25) is 0 Å². The van der Waals surface area contributed by atoms with Crippen molar-refractivity contribution in [2.24, 2.45) is 5.92 Å². The molecular formula is C11H20N4S. The van der Waals surface area contributed by atoms with E-state index in [-0.39, 0.29) is 0 Å². The molecule has 1 fully saturated rings. The third kappa shape index (κ3) is 3.15. The van der Waals surface area contributed by atoms with Crippen LogP contribution in [0.25, 0.3) is 0 Å². The van der Waals surface area contributed by atoms with Crippen molar-refractivity contribution in [1.29, 1.82) is 0 Å². The Kier molecular flexibility index (Phi) is 4.54. The maximum atomic E-state index is 4.32. The van der Waals surface area contributed by atoms with E-state index in [0.29, 0.717) is 0 Å². The van der Waals surface area contributed by atoms with Gasteiger partial charge in [0.2, 0.25) is 5.13 Å². The summed E-state index contributed by atoms with van der Waals surface area (Å²) in [6, 6.07) is 0. The SMILES string of the molecule is CCCN(CC1CCNCC1)c1ncns1. The van der Waals surface area contributed by atoms with Crippen molar-refractivity contribution < 1.29 is 0 Å². The maximum absolute atomic E-state index is 4.32. The Hall–Kier alpha value is -0.680. The maximum Gasteiger partial charge on any atom is 0.204 e. The molecule has 4 nitrogen and oxygen atoms in total. The van der Waals surface area contributed by atoms with Gasteiger partial charge in [0.05, 0.1) is 0 Å². The van der Waals surface area contributed by atoms with Crippen molar-refractivity contribution >= 4 is 16.7 Å². The molecule has 0 unspecified atom stereocenters. The second kappa shape index (κ2) is 6.15. The summed E-state index contributed by atoms with van der Waals surface area (Å²) < 4.78 is 4.09. The van der Waals surface area contributed by atoms with Crippen LogP contribution in [0.1, 0.15) is 26.2 Å². The lowest BCUT2D eigenvalue weighted by Gasteiger charge is -2.29. The van der Waals surface area contributed by atoms with Gasteiger partial charge in [0.1, 0.15) is 6.33 Å². The Bertz CT molecular complexity index is 282. The summed E-state index contributed by atoms with van der Waals surface area (Å²) in [5.41, 5.74) is 0. The highest BCUT2D eigenvalue weighted by Gasteiger charge is 2.18. The zero-order chi connectivity index (χ0) is 11.2. The standard InChI is InChI=1S/C11H20N4S/c1-2-7-15(11-13-9-14-16-11)8-10-3-5-12-6-4-10/h9-10,12H,2-8H2,1H3. The molecule has 0 spiro atoms. The first kappa shape index (κ1) is 11.8. The Morgan fingerprint density at radius 3 is 2.94 bits per heavy atom. The van der Waals surface area contributed by atoms with Gasteiger partial charge >= 0.3 is 0 Å². The summed E-state index contributed by atoms with van der Waals surface area (Å²) in [6.45, 7) is 6.79. The van der Waals surface area contributed by atoms with E-state index in [1.54, 1.807) is 6.33 Å². The highest BCUT2D eigenvalue weighted by molar-refractivity contribution is 7.09. The normalized spacial score (nSPS) is 17.6. The quantitative estimate of drug-likeness (QED) is 0.851. The van der Waals surface area contributed by atoms with E-state index in [9.17, 15) is 0 Å². The third-order valence-electron chi connectivity index (χ3n) is 3.05. The van der Waals surface area contributed by atoms with Crippen LogP contribution >= 0.6 is 11.5 Å². The lowest BCUT2D eigenvalue weighted by atomic mass is 9.97. The van der Waals surface area contributed by atoms with Crippen LogP contribution in [0.15, 0.2) is 6.33 Å². The van der Waals surface area contributed by atoms with Crippen LogP contribution in [0.4, 0.5) is 5.13 Å². The van der Waals surface area contributed by atoms with Crippen LogP contribution in [-0.4, -0.2) is 35.5 Å². The summed E-state index contributed by atoms with van der Waals surface area (Å²) in [5.74, 6) is 0.816. The molecule has 0 radical (unpaired) electrons. The summed E-state index contributed by atoms with van der Waals surface area (Å²) in [6.07, 6.45) is 5.41. The summed E-state index contributed by atoms with van der Waals surface area (Å²) in [7, 11) is 0. The smallest absolute Gasteiger partial charge is 0.204 e. The van der Waals surface area contributed by atoms with Gasteiger partial charge in [-0.05, 0) is 38.3 Å². The van der Waals surface area contributed by atoms with E-state index < -0.39 is 0 Å². The lowest BCUT2D eigenvalue weighted by molar-refractivity contribution is 0.373. The second-order valence-electron chi connectivity index (χ2n) is 4.36. The zero-order valence-corrected chi connectivity index (χ0v) is 10.7. The molecule has 0 saturated carbocycles. The largest absolute Gasteiger partial charge is 0.347 e. The highest BCUT2D eigenvalue weighted by atomic mass is 32.1. The van der Waals surface area contributed by atoms with E-state index in [4.69, 9.17) is 0 Å². The summed E-state index contributed by atoms with van der Waals surface area (Å²) in [4.78, 5) is 6.71. The molecule has 1 aromatic heterocycles. The fourth-order valence-electron chi connectivity index (χ4n) is 2.22. The van der Waals surface area contributed by atoms with Gasteiger partial charge in [-0.2, -0.15) is 4.37 Å². The van der Waals surface area contributed by atoms with Crippen molar-refractivity contribution in [2.75, 3.05) is 31.1 Å². The van der Waals surface area contributed by atoms with Gasteiger partial charge < -0.3 is 10.2 Å². The minimum absolute atomic E-state index is 0.816. The molecular weight excluding hydrogens is 220 g/mol. The molecule has 2 heterocycles. The molecule has 90 valence electrons. The first-order valence-corrected chi connectivity index (χ1v) is 6.90. The predicted octanol–water partition coefficient (Wildman–Crippen LogP) is 1.75. The zero-order valence-electron chi connectivity index (χ0n) is 9.85. The predicted molar refractivity (Wildman–Crippen MR) is 68.0 cm³/mol. The van der Waals surface area contributed by atoms with Gasteiger partial charge in [0, 0.05) is 24.6 Å². The van der Waals surface area contributed by atoms with E-state index in [1.165, 1.54) is 43.9 Å². The Morgan fingerprint density at radius 2 is 2.31 bits per heavy atom. The molecule has 1 N–H and O–H groups in total. The fourth-order valence-corrected chi connectivity index (χ4v) is 2.78. The van der Waals surface area contributed by atoms with Crippen LogP contribution < -0.4 is 10.2 Å². The van der Waals surface area contributed by atoms with Crippen LogP contribution in [0.5, 0.6) is 0 Å². The van der Waals surface area contributed by atoms with E-state index in [1.807, 2.05) is 0 Å². The molecule has 1 aromatic rings. The number of aromatic nitrogens is 2. The van der Waals surface area contributed by atoms with Crippen molar-refractivity contribution in [3.63, 3.8) is 0 Å². The molecule has 0 aromatic carbocycles. The number of hydrogen-bond acceptors (Lipinski definition) is 5. The van der Waals surface area contributed by atoms with Gasteiger partial charge in [0.25, 0.3) is 0 Å². The molecule has 1 aliphatic heterocycles. The fraction of sp³-hybridized carbons (Fsp3) is 0.818. The second-order valence-corrected chi connectivity index (χ2v) is 5.12. The van der Waals surface area contributed by atoms with Crippen LogP contribution in [0, 0.1) is 5.92 Å². The van der Waals surface area contributed by atoms with E-state index in [2.05, 4.69) is 26.5 Å². The monoisotopic (exact) mass is 240 g/mol. The molecule has 16 heavy (non-hydrogen) atoms. The van der Waals surface area contributed by atoms with Gasteiger partial charge in [-0.3, -0.25) is 0 Å². The molecule has 0 amide bonds. The van der Waals surface area contributed by atoms with Gasteiger partial charge in [0.15, 0.2) is 0 Å². The molecule has 0 aliphatic carbocycles. The van der Waals surface area contributed by atoms with Crippen LogP contribution in [0.3, 0.4) is 0 Å². The van der Waals surface area contributed by atoms with Crippen molar-refractivity contribution in [2.45, 2.75) is 26.2 Å². The lowest BCUT2D eigenvalue weighted by Crippen LogP contribution is -2.36. The Labute approximate surface area is 101 Å². The number of piperidine rings is 1. The minimum atomic E-state index is 0.816. The summed E-state index contributed by atoms with van der Waals surface area (Å²) >= 11 is 1.51. The van der Waals surface area contributed by atoms with E-state index >= 15 is 0 Å². The number of anilines is 1. The Morgan fingerprint density at radius 1 is 1.50 bits per heavy atom. The molecule has 1 saturated heterocycles. The highest BCUT2D eigenvalue weighted by Crippen LogP contribution is 2.20. The average molecular weight is 240 g/mol. The summed E-state index contributed by atoms with van der Waals surface area (Å²) in [5, 5.41) is 4.49. The molecule has 5 heteroatoms. The molecule has 0 atom stereocenters. The molecule has 0 bridgehead atoms. The topological polar surface area (TPSA) is 41.0 Å². The number of rotatable bonds is 5. The average Bonchev–Trinajstić information content (AvgIpc) is 2.83.